The first-order valence-corrected chi connectivity index (χ1v) is 9.08. The second kappa shape index (κ2) is 9.09. The third kappa shape index (κ3) is 5.49. The minimum atomic E-state index is 0.616. The highest BCUT2D eigenvalue weighted by Crippen LogP contribution is 2.21. The molecule has 0 spiro atoms. The van der Waals surface area contributed by atoms with Gasteiger partial charge in [0.2, 0.25) is 5.95 Å². The number of likely N-dealkylation sites (N-methyl/N-ethyl adjacent to an activating group) is 1. The minimum Gasteiger partial charge on any atom is -0.366 e. The molecule has 0 amide bonds. The highest BCUT2D eigenvalue weighted by molar-refractivity contribution is 5.63. The van der Waals surface area contributed by atoms with E-state index in [9.17, 15) is 0 Å². The number of hydrogen-bond donors (Lipinski definition) is 2. The molecule has 2 N–H and O–H groups in total. The van der Waals surface area contributed by atoms with Crippen molar-refractivity contribution in [2.24, 2.45) is 0 Å². The first-order valence-electron chi connectivity index (χ1n) is 9.08. The molecule has 0 bridgehead atoms. The Kier molecular flexibility index (Phi) is 6.33. The highest BCUT2D eigenvalue weighted by atomic mass is 15.2. The molecule has 0 fully saturated rings. The monoisotopic (exact) mass is 362 g/mol. The number of nitrogens with one attached hydrogen (secondary N) is 2. The second-order valence-electron chi connectivity index (χ2n) is 6.71. The lowest BCUT2D eigenvalue weighted by Crippen LogP contribution is -2.21. The van der Waals surface area contributed by atoms with E-state index >= 15 is 0 Å². The maximum atomic E-state index is 4.65. The summed E-state index contributed by atoms with van der Waals surface area (Å²) in [5.41, 5.74) is 4.32. The molecule has 6 nitrogen and oxygen atoms in total. The van der Waals surface area contributed by atoms with Gasteiger partial charge in [0.1, 0.15) is 5.82 Å². The molecule has 0 aliphatic rings. The maximum Gasteiger partial charge on any atom is 0.225 e. The molecule has 0 atom stereocenters. The van der Waals surface area contributed by atoms with Gasteiger partial charge in [0, 0.05) is 43.7 Å². The van der Waals surface area contributed by atoms with Crippen LogP contribution < -0.4 is 10.6 Å². The third-order valence-electron chi connectivity index (χ3n) is 4.25. The van der Waals surface area contributed by atoms with E-state index < -0.39 is 0 Å². The van der Waals surface area contributed by atoms with Crippen LogP contribution in [0.15, 0.2) is 54.9 Å². The molecule has 3 aromatic rings. The van der Waals surface area contributed by atoms with Gasteiger partial charge in [-0.15, -0.1) is 0 Å². The second-order valence-corrected chi connectivity index (χ2v) is 6.71. The number of anilines is 2. The molecule has 2 aromatic heterocycles. The molecule has 0 saturated heterocycles. The maximum absolute atomic E-state index is 4.65. The molecule has 0 unspecified atom stereocenters. The summed E-state index contributed by atoms with van der Waals surface area (Å²) in [7, 11) is 4.09. The zero-order valence-corrected chi connectivity index (χ0v) is 16.1. The molecular weight excluding hydrogens is 336 g/mol. The van der Waals surface area contributed by atoms with Crippen molar-refractivity contribution in [2.75, 3.05) is 37.8 Å². The molecule has 140 valence electrons. The van der Waals surface area contributed by atoms with Crippen molar-refractivity contribution >= 4 is 11.8 Å². The van der Waals surface area contributed by atoms with Crippen LogP contribution in [-0.2, 0) is 6.54 Å². The quantitative estimate of drug-likeness (QED) is 0.640. The summed E-state index contributed by atoms with van der Waals surface area (Å²) in [6.45, 7) is 4.52. The van der Waals surface area contributed by atoms with E-state index in [1.54, 1.807) is 6.20 Å². The topological polar surface area (TPSA) is 66.0 Å². The first kappa shape index (κ1) is 18.8. The van der Waals surface area contributed by atoms with Crippen molar-refractivity contribution in [3.63, 3.8) is 0 Å². The van der Waals surface area contributed by atoms with Gasteiger partial charge < -0.3 is 15.5 Å². The van der Waals surface area contributed by atoms with E-state index in [4.69, 9.17) is 0 Å². The molecule has 0 saturated carbocycles. The Morgan fingerprint density at radius 3 is 2.59 bits per heavy atom. The number of hydrogen-bond acceptors (Lipinski definition) is 6. The molecule has 1 aromatic carbocycles. The SMILES string of the molecule is Cc1ccccc1CNc1cc(-c2cccnc2)nc(NCCN(C)C)n1. The van der Waals surface area contributed by atoms with Crippen LogP contribution in [0.5, 0.6) is 0 Å². The zero-order valence-electron chi connectivity index (χ0n) is 16.1. The predicted molar refractivity (Wildman–Crippen MR) is 111 cm³/mol. The van der Waals surface area contributed by atoms with E-state index in [0.717, 1.165) is 30.2 Å². The van der Waals surface area contributed by atoms with Crippen molar-refractivity contribution in [1.82, 2.24) is 19.9 Å². The molecule has 0 aliphatic carbocycles. The normalized spacial score (nSPS) is 10.8. The van der Waals surface area contributed by atoms with Crippen LogP contribution in [0.2, 0.25) is 0 Å². The van der Waals surface area contributed by atoms with Crippen molar-refractivity contribution < 1.29 is 0 Å². The fourth-order valence-corrected chi connectivity index (χ4v) is 2.66. The average Bonchev–Trinajstić information content (AvgIpc) is 2.68. The van der Waals surface area contributed by atoms with Crippen LogP contribution in [0.4, 0.5) is 11.8 Å². The Balaban J connectivity index is 1.81. The van der Waals surface area contributed by atoms with Gasteiger partial charge >= 0.3 is 0 Å². The Morgan fingerprint density at radius 2 is 1.85 bits per heavy atom. The van der Waals surface area contributed by atoms with Gasteiger partial charge in [0.15, 0.2) is 0 Å². The third-order valence-corrected chi connectivity index (χ3v) is 4.25. The Labute approximate surface area is 160 Å². The fraction of sp³-hybridized carbons (Fsp3) is 0.286. The molecule has 0 radical (unpaired) electrons. The Morgan fingerprint density at radius 1 is 1.00 bits per heavy atom. The van der Waals surface area contributed by atoms with E-state index in [2.05, 4.69) is 61.7 Å². The van der Waals surface area contributed by atoms with Crippen LogP contribution in [0.25, 0.3) is 11.3 Å². The molecule has 3 rings (SSSR count). The van der Waals surface area contributed by atoms with Gasteiger partial charge in [-0.1, -0.05) is 24.3 Å². The largest absolute Gasteiger partial charge is 0.366 e. The van der Waals surface area contributed by atoms with Gasteiger partial charge in [0.25, 0.3) is 0 Å². The molecular formula is C21H26N6. The van der Waals surface area contributed by atoms with Gasteiger partial charge in [-0.2, -0.15) is 4.98 Å². The number of rotatable bonds is 8. The zero-order chi connectivity index (χ0) is 19.1. The summed E-state index contributed by atoms with van der Waals surface area (Å²) in [6.07, 6.45) is 3.58. The smallest absolute Gasteiger partial charge is 0.225 e. The van der Waals surface area contributed by atoms with Crippen molar-refractivity contribution in [1.29, 1.82) is 0 Å². The summed E-state index contributed by atoms with van der Waals surface area (Å²) < 4.78 is 0. The Hall–Kier alpha value is -2.99. The number of pyridine rings is 1. The molecule has 6 heteroatoms. The molecule has 2 heterocycles. The van der Waals surface area contributed by atoms with Crippen LogP contribution in [0, 0.1) is 6.92 Å². The lowest BCUT2D eigenvalue weighted by atomic mass is 10.1. The van der Waals surface area contributed by atoms with E-state index in [-0.39, 0.29) is 0 Å². The van der Waals surface area contributed by atoms with E-state index in [0.29, 0.717) is 12.5 Å². The predicted octanol–water partition coefficient (Wildman–Crippen LogP) is 3.43. The summed E-state index contributed by atoms with van der Waals surface area (Å²) in [4.78, 5) is 15.6. The average molecular weight is 362 g/mol. The number of nitrogens with zero attached hydrogens (tertiary/aromatic N) is 4. The summed E-state index contributed by atoms with van der Waals surface area (Å²) >= 11 is 0. The summed E-state index contributed by atoms with van der Waals surface area (Å²) in [5.74, 6) is 1.41. The fourth-order valence-electron chi connectivity index (χ4n) is 2.66. The standard InChI is InChI=1S/C21H26N6/c1-16-7-4-5-8-17(16)15-24-20-13-19(18-9-6-10-22-14-18)25-21(26-20)23-11-12-27(2)3/h4-10,13-14H,11-12,15H2,1-3H3,(H2,23,24,25,26). The summed E-state index contributed by atoms with van der Waals surface area (Å²) in [6, 6.07) is 14.2. The van der Waals surface area contributed by atoms with Gasteiger partial charge in [-0.3, -0.25) is 4.98 Å². The van der Waals surface area contributed by atoms with E-state index in [1.807, 2.05) is 38.5 Å². The van der Waals surface area contributed by atoms with Crippen LogP contribution in [0.1, 0.15) is 11.1 Å². The lowest BCUT2D eigenvalue weighted by Gasteiger charge is -2.14. The first-order chi connectivity index (χ1) is 13.1. The highest BCUT2D eigenvalue weighted by Gasteiger charge is 2.08. The number of aryl methyl sites for hydroxylation is 1. The van der Waals surface area contributed by atoms with Crippen LogP contribution in [-0.4, -0.2) is 47.0 Å². The minimum absolute atomic E-state index is 0.616. The lowest BCUT2D eigenvalue weighted by molar-refractivity contribution is 0.425. The van der Waals surface area contributed by atoms with Crippen molar-refractivity contribution in [3.05, 3.63) is 66.0 Å². The van der Waals surface area contributed by atoms with Gasteiger partial charge in [0.05, 0.1) is 5.69 Å². The van der Waals surface area contributed by atoms with Gasteiger partial charge in [-0.05, 0) is 44.3 Å². The number of aromatic nitrogens is 3. The van der Waals surface area contributed by atoms with E-state index in [1.165, 1.54) is 11.1 Å². The summed E-state index contributed by atoms with van der Waals surface area (Å²) in [5, 5.41) is 6.74. The number of benzene rings is 1. The van der Waals surface area contributed by atoms with Crippen LogP contribution in [0.3, 0.4) is 0 Å². The van der Waals surface area contributed by atoms with Crippen LogP contribution >= 0.6 is 0 Å². The Bertz CT molecular complexity index is 864. The molecule has 0 aliphatic heterocycles. The van der Waals surface area contributed by atoms with Crippen molar-refractivity contribution in [3.8, 4) is 11.3 Å². The molecule has 27 heavy (non-hydrogen) atoms. The van der Waals surface area contributed by atoms with Crippen molar-refractivity contribution in [2.45, 2.75) is 13.5 Å². The van der Waals surface area contributed by atoms with Gasteiger partial charge in [-0.25, -0.2) is 4.98 Å².